The molecule has 31 heavy (non-hydrogen) atoms. The zero-order chi connectivity index (χ0) is 22.4. The predicted molar refractivity (Wildman–Crippen MR) is 118 cm³/mol. The number of nitrogens with one attached hydrogen (secondary N) is 1. The van der Waals surface area contributed by atoms with Gasteiger partial charge in [-0.15, -0.1) is 0 Å². The third-order valence-electron chi connectivity index (χ3n) is 4.62. The van der Waals surface area contributed by atoms with Gasteiger partial charge in [-0.2, -0.15) is 0 Å². The molecule has 0 saturated heterocycles. The van der Waals surface area contributed by atoms with Crippen molar-refractivity contribution in [3.05, 3.63) is 48.5 Å². The fourth-order valence-electron chi connectivity index (χ4n) is 3.18. The molecule has 0 saturated carbocycles. The minimum Gasteiger partial charge on any atom is -0.394 e. The van der Waals surface area contributed by atoms with Gasteiger partial charge in [0.1, 0.15) is 5.82 Å². The van der Waals surface area contributed by atoms with Gasteiger partial charge < -0.3 is 19.7 Å². The van der Waals surface area contributed by atoms with Crippen LogP contribution in [-0.2, 0) is 14.6 Å². The highest BCUT2D eigenvalue weighted by atomic mass is 32.2. The highest BCUT2D eigenvalue weighted by Crippen LogP contribution is 2.24. The molecular weight excluding hydrogens is 418 g/mol. The highest BCUT2D eigenvalue weighted by molar-refractivity contribution is 7.91. The van der Waals surface area contributed by atoms with Crippen molar-refractivity contribution in [1.29, 1.82) is 0 Å². The van der Waals surface area contributed by atoms with Crippen LogP contribution in [0.25, 0.3) is 11.4 Å². The minimum atomic E-state index is -3.46. The van der Waals surface area contributed by atoms with Crippen LogP contribution in [0.15, 0.2) is 47.6 Å². The van der Waals surface area contributed by atoms with Crippen LogP contribution in [0.3, 0.4) is 0 Å². The second kappa shape index (κ2) is 9.99. The maximum Gasteiger partial charge on any atom is 0.227 e. The molecule has 2 aromatic heterocycles. The van der Waals surface area contributed by atoms with Gasteiger partial charge in [0.25, 0.3) is 0 Å². The number of hydrogen-bond acceptors (Lipinski definition) is 8. The van der Waals surface area contributed by atoms with E-state index in [1.54, 1.807) is 24.5 Å². The Morgan fingerprint density at radius 1 is 1.13 bits per heavy atom. The first-order valence-electron chi connectivity index (χ1n) is 9.97. The van der Waals surface area contributed by atoms with Gasteiger partial charge in [-0.1, -0.05) is 0 Å². The number of benzene rings is 1. The van der Waals surface area contributed by atoms with Crippen molar-refractivity contribution in [1.82, 2.24) is 19.5 Å². The number of aliphatic hydroxyl groups excluding tert-OH is 1. The van der Waals surface area contributed by atoms with Crippen molar-refractivity contribution < 1.29 is 18.3 Å². The molecule has 2 heterocycles. The number of hydrogen-bond donors (Lipinski definition) is 2. The van der Waals surface area contributed by atoms with E-state index < -0.39 is 9.84 Å². The number of anilines is 2. The van der Waals surface area contributed by atoms with Crippen LogP contribution < -0.4 is 5.32 Å². The normalized spacial score (nSPS) is 11.8. The first-order valence-corrected chi connectivity index (χ1v) is 11.6. The average molecular weight is 446 g/mol. The van der Waals surface area contributed by atoms with Crippen molar-refractivity contribution in [3.63, 3.8) is 0 Å². The van der Waals surface area contributed by atoms with E-state index in [1.807, 2.05) is 13.0 Å². The molecule has 2 N–H and O–H groups in total. The van der Waals surface area contributed by atoms with Crippen LogP contribution in [0.1, 0.15) is 25.7 Å². The first kappa shape index (κ1) is 22.9. The largest absolute Gasteiger partial charge is 0.394 e. The van der Waals surface area contributed by atoms with Gasteiger partial charge in [0, 0.05) is 17.9 Å². The molecule has 0 amide bonds. The van der Waals surface area contributed by atoms with Crippen LogP contribution in [0.2, 0.25) is 0 Å². The number of imidazole rings is 1. The van der Waals surface area contributed by atoms with E-state index in [9.17, 15) is 8.42 Å². The van der Waals surface area contributed by atoms with Gasteiger partial charge in [0.15, 0.2) is 9.84 Å². The molecule has 9 nitrogen and oxygen atoms in total. The fraction of sp³-hybridized carbons (Fsp3) is 0.381. The van der Waals surface area contributed by atoms with Crippen molar-refractivity contribution in [2.24, 2.45) is 0 Å². The Labute approximate surface area is 182 Å². The number of nitrogens with zero attached hydrogens (tertiary/aromatic N) is 4. The number of rotatable bonds is 10. The number of ether oxygens (including phenoxy) is 1. The highest BCUT2D eigenvalue weighted by Gasteiger charge is 2.15. The molecule has 0 spiro atoms. The summed E-state index contributed by atoms with van der Waals surface area (Å²) in [6, 6.07) is 8.47. The molecule has 0 aliphatic heterocycles. The third-order valence-corrected chi connectivity index (χ3v) is 6.31. The van der Waals surface area contributed by atoms with Crippen molar-refractivity contribution in [2.45, 2.75) is 31.7 Å². The van der Waals surface area contributed by atoms with E-state index in [2.05, 4.69) is 38.7 Å². The Morgan fingerprint density at radius 3 is 2.55 bits per heavy atom. The summed E-state index contributed by atoms with van der Waals surface area (Å²) in [5.41, 5.74) is 2.32. The second-order valence-corrected chi connectivity index (χ2v) is 9.33. The summed E-state index contributed by atoms with van der Waals surface area (Å²) in [5.74, 6) is 1.17. The molecule has 166 valence electrons. The zero-order valence-electron chi connectivity index (χ0n) is 17.8. The fourth-order valence-corrected chi connectivity index (χ4v) is 4.31. The van der Waals surface area contributed by atoms with Gasteiger partial charge >= 0.3 is 0 Å². The second-order valence-electron chi connectivity index (χ2n) is 7.22. The summed E-state index contributed by atoms with van der Waals surface area (Å²) in [4.78, 5) is 13.5. The molecule has 0 radical (unpaired) electrons. The van der Waals surface area contributed by atoms with Crippen LogP contribution >= 0.6 is 0 Å². The summed E-state index contributed by atoms with van der Waals surface area (Å²) < 4.78 is 31.9. The van der Waals surface area contributed by atoms with E-state index >= 15 is 0 Å². The lowest BCUT2D eigenvalue weighted by Crippen LogP contribution is -2.14. The average Bonchev–Trinajstić information content (AvgIpc) is 3.14. The van der Waals surface area contributed by atoms with Crippen LogP contribution in [0, 0.1) is 6.92 Å². The summed E-state index contributed by atoms with van der Waals surface area (Å²) >= 11 is 0. The molecule has 0 bridgehead atoms. The zero-order valence-corrected chi connectivity index (χ0v) is 18.6. The summed E-state index contributed by atoms with van der Waals surface area (Å²) in [6.45, 7) is 6.16. The third kappa shape index (κ3) is 5.66. The summed E-state index contributed by atoms with van der Waals surface area (Å²) in [5, 5.41) is 11.8. The molecule has 1 aromatic carbocycles. The van der Waals surface area contributed by atoms with Gasteiger partial charge in [0.05, 0.1) is 48.1 Å². The maximum atomic E-state index is 12.4. The van der Waals surface area contributed by atoms with E-state index in [0.29, 0.717) is 11.6 Å². The molecule has 0 aliphatic rings. The van der Waals surface area contributed by atoms with E-state index in [4.69, 9.17) is 9.84 Å². The lowest BCUT2D eigenvalue weighted by Gasteiger charge is -2.14. The van der Waals surface area contributed by atoms with Crippen molar-refractivity contribution in [2.75, 3.05) is 30.9 Å². The molecule has 10 heteroatoms. The Kier molecular flexibility index (Phi) is 7.37. The molecule has 3 rings (SSSR count). The first-order chi connectivity index (χ1) is 14.8. The van der Waals surface area contributed by atoms with Gasteiger partial charge in [-0.05, 0) is 51.1 Å². The monoisotopic (exact) mass is 445 g/mol. The smallest absolute Gasteiger partial charge is 0.227 e. The van der Waals surface area contributed by atoms with Crippen molar-refractivity contribution in [3.8, 4) is 11.4 Å². The maximum absolute atomic E-state index is 12.4. The Hall–Kier alpha value is -2.82. The molecular formula is C21H27N5O4S. The molecule has 0 fully saturated rings. The predicted octanol–water partition coefficient (Wildman–Crippen LogP) is 2.76. The topological polar surface area (TPSA) is 119 Å². The van der Waals surface area contributed by atoms with Crippen LogP contribution in [-0.4, -0.2) is 58.6 Å². The summed E-state index contributed by atoms with van der Waals surface area (Å²) in [7, 11) is -3.46. The molecule has 3 aromatic rings. The lowest BCUT2D eigenvalue weighted by atomic mass is 10.2. The number of aromatic nitrogens is 4. The Balaban J connectivity index is 1.73. The lowest BCUT2D eigenvalue weighted by molar-refractivity contribution is 0.103. The van der Waals surface area contributed by atoms with Gasteiger partial charge in [-0.3, -0.25) is 0 Å². The van der Waals surface area contributed by atoms with Gasteiger partial charge in [0.2, 0.25) is 5.95 Å². The standard InChI is InChI=1S/C21H27N5O4S/c1-15(2)26-16(3)23-14-20(26)19-8-9-22-21(25-19)24-17-4-6-18(7-5-17)31(28,29)13-12-30-11-10-27/h4-9,14-15,27H,10-13H2,1-3H3,(H,22,24,25). The van der Waals surface area contributed by atoms with E-state index in [-0.39, 0.29) is 36.5 Å². The van der Waals surface area contributed by atoms with Crippen molar-refractivity contribution >= 4 is 21.5 Å². The quantitative estimate of drug-likeness (QED) is 0.457. The number of aliphatic hydroxyl groups is 1. The molecule has 0 atom stereocenters. The van der Waals surface area contributed by atoms with Crippen LogP contribution in [0.5, 0.6) is 0 Å². The Bertz CT molecular complexity index is 1110. The minimum absolute atomic E-state index is 0.0377. The number of aryl methyl sites for hydroxylation is 1. The van der Waals surface area contributed by atoms with Gasteiger partial charge in [-0.25, -0.2) is 23.4 Å². The SMILES string of the molecule is Cc1ncc(-c2ccnc(Nc3ccc(S(=O)(=O)CCOCCO)cc3)n2)n1C(C)C. The van der Waals surface area contributed by atoms with E-state index in [1.165, 1.54) is 12.1 Å². The van der Waals surface area contributed by atoms with Crippen LogP contribution in [0.4, 0.5) is 11.6 Å². The summed E-state index contributed by atoms with van der Waals surface area (Å²) in [6.07, 6.45) is 3.47. The van der Waals surface area contributed by atoms with E-state index in [0.717, 1.165) is 17.2 Å². The molecule has 0 unspecified atom stereocenters. The number of sulfone groups is 1. The Morgan fingerprint density at radius 2 is 1.87 bits per heavy atom. The molecule has 0 aliphatic carbocycles.